The number of aromatic nitrogens is 1. The number of methoxy groups -OCH3 is 1. The summed E-state index contributed by atoms with van der Waals surface area (Å²) in [5.41, 5.74) is 1.49. The van der Waals surface area contributed by atoms with E-state index < -0.39 is 5.60 Å². The summed E-state index contributed by atoms with van der Waals surface area (Å²) >= 11 is 0. The van der Waals surface area contributed by atoms with Gasteiger partial charge in [-0.15, -0.1) is 0 Å². The summed E-state index contributed by atoms with van der Waals surface area (Å²) in [4.78, 5) is 35.8. The standard InChI is InChI=1S/C24H32N4O4/c1-24(2,3)32-23(30)28-10-8-17(16-28)22(29)27-13-11-26(12-14-27)21-7-9-25-20-15-18(31-4)5-6-19(20)21/h5-7,9,15,17H,8,10-14,16H2,1-4H3. The van der Waals surface area contributed by atoms with Crippen LogP contribution < -0.4 is 9.64 Å². The molecule has 2 saturated heterocycles. The molecule has 1 atom stereocenters. The molecule has 8 heteroatoms. The van der Waals surface area contributed by atoms with E-state index in [4.69, 9.17) is 9.47 Å². The van der Waals surface area contributed by atoms with Gasteiger partial charge in [0, 0.05) is 62.6 Å². The predicted molar refractivity (Wildman–Crippen MR) is 123 cm³/mol. The van der Waals surface area contributed by atoms with E-state index >= 15 is 0 Å². The molecule has 1 aromatic carbocycles. The van der Waals surface area contributed by atoms with Crippen LogP contribution in [0.4, 0.5) is 10.5 Å². The first kappa shape index (κ1) is 22.2. The number of pyridine rings is 1. The number of piperazine rings is 1. The number of benzene rings is 1. The normalized spacial score (nSPS) is 19.4. The maximum Gasteiger partial charge on any atom is 0.410 e. The molecule has 0 bridgehead atoms. The van der Waals surface area contributed by atoms with Crippen LogP contribution in [-0.2, 0) is 9.53 Å². The highest BCUT2D eigenvalue weighted by Gasteiger charge is 2.36. The van der Waals surface area contributed by atoms with Crippen LogP contribution >= 0.6 is 0 Å². The third kappa shape index (κ3) is 4.74. The lowest BCUT2D eigenvalue weighted by atomic mass is 10.1. The highest BCUT2D eigenvalue weighted by atomic mass is 16.6. The molecular formula is C24H32N4O4. The molecule has 0 spiro atoms. The highest BCUT2D eigenvalue weighted by molar-refractivity contribution is 5.92. The lowest BCUT2D eigenvalue weighted by Crippen LogP contribution is -2.51. The van der Waals surface area contributed by atoms with Crippen molar-refractivity contribution in [1.82, 2.24) is 14.8 Å². The molecule has 32 heavy (non-hydrogen) atoms. The number of likely N-dealkylation sites (tertiary alicyclic amines) is 1. The molecule has 1 aromatic heterocycles. The average Bonchev–Trinajstić information content (AvgIpc) is 3.27. The second-order valence-electron chi connectivity index (χ2n) is 9.44. The molecule has 0 saturated carbocycles. The zero-order valence-electron chi connectivity index (χ0n) is 19.3. The summed E-state index contributed by atoms with van der Waals surface area (Å²) in [6.45, 7) is 9.42. The van der Waals surface area contributed by atoms with E-state index in [1.165, 1.54) is 0 Å². The van der Waals surface area contributed by atoms with Gasteiger partial charge in [-0.25, -0.2) is 4.79 Å². The Morgan fingerprint density at radius 3 is 2.47 bits per heavy atom. The summed E-state index contributed by atoms with van der Waals surface area (Å²) in [6, 6.07) is 7.96. The molecule has 0 radical (unpaired) electrons. The van der Waals surface area contributed by atoms with Crippen molar-refractivity contribution in [1.29, 1.82) is 0 Å². The summed E-state index contributed by atoms with van der Waals surface area (Å²) in [7, 11) is 1.65. The lowest BCUT2D eigenvalue weighted by molar-refractivity contribution is -0.135. The smallest absolute Gasteiger partial charge is 0.410 e. The molecule has 3 heterocycles. The predicted octanol–water partition coefficient (Wildman–Crippen LogP) is 3.15. The molecule has 0 aliphatic carbocycles. The first-order valence-electron chi connectivity index (χ1n) is 11.2. The number of nitrogens with zero attached hydrogens (tertiary/aromatic N) is 4. The first-order valence-corrected chi connectivity index (χ1v) is 11.2. The van der Waals surface area contributed by atoms with Gasteiger partial charge in [0.15, 0.2) is 0 Å². The van der Waals surface area contributed by atoms with Gasteiger partial charge in [-0.05, 0) is 45.4 Å². The van der Waals surface area contributed by atoms with Crippen molar-refractivity contribution in [2.75, 3.05) is 51.3 Å². The van der Waals surface area contributed by atoms with Crippen LogP contribution in [0.2, 0.25) is 0 Å². The third-order valence-corrected chi connectivity index (χ3v) is 6.05. The molecule has 2 aromatic rings. The number of hydrogen-bond acceptors (Lipinski definition) is 6. The van der Waals surface area contributed by atoms with Crippen molar-refractivity contribution < 1.29 is 19.1 Å². The number of rotatable bonds is 3. The number of carbonyl (C=O) groups is 2. The number of anilines is 1. The Labute approximate surface area is 189 Å². The Kier molecular flexibility index (Phi) is 6.13. The minimum atomic E-state index is -0.530. The Balaban J connectivity index is 1.36. The Morgan fingerprint density at radius 2 is 1.78 bits per heavy atom. The van der Waals surface area contributed by atoms with Crippen molar-refractivity contribution in [2.24, 2.45) is 5.92 Å². The number of carbonyl (C=O) groups excluding carboxylic acids is 2. The van der Waals surface area contributed by atoms with Crippen LogP contribution in [0.5, 0.6) is 5.75 Å². The Morgan fingerprint density at radius 1 is 1.03 bits per heavy atom. The fourth-order valence-corrected chi connectivity index (χ4v) is 4.40. The van der Waals surface area contributed by atoms with Crippen molar-refractivity contribution in [2.45, 2.75) is 32.8 Å². The minimum Gasteiger partial charge on any atom is -0.497 e. The van der Waals surface area contributed by atoms with Gasteiger partial charge in [-0.3, -0.25) is 9.78 Å². The van der Waals surface area contributed by atoms with Gasteiger partial charge in [0.05, 0.1) is 18.5 Å². The van der Waals surface area contributed by atoms with Crippen LogP contribution in [-0.4, -0.2) is 78.8 Å². The topological polar surface area (TPSA) is 75.2 Å². The summed E-state index contributed by atoms with van der Waals surface area (Å²) in [6.07, 6.45) is 2.17. The molecule has 2 aliphatic rings. The van der Waals surface area contributed by atoms with Crippen LogP contribution in [0, 0.1) is 5.92 Å². The molecule has 172 valence electrons. The van der Waals surface area contributed by atoms with E-state index in [2.05, 4.69) is 9.88 Å². The minimum absolute atomic E-state index is 0.139. The van der Waals surface area contributed by atoms with E-state index in [9.17, 15) is 9.59 Å². The third-order valence-electron chi connectivity index (χ3n) is 6.05. The van der Waals surface area contributed by atoms with Crippen molar-refractivity contribution in [3.63, 3.8) is 0 Å². The number of amides is 2. The van der Waals surface area contributed by atoms with E-state index in [-0.39, 0.29) is 17.9 Å². The molecule has 2 amide bonds. The maximum atomic E-state index is 13.1. The zero-order valence-corrected chi connectivity index (χ0v) is 19.3. The monoisotopic (exact) mass is 440 g/mol. The lowest BCUT2D eigenvalue weighted by Gasteiger charge is -2.37. The van der Waals surface area contributed by atoms with Gasteiger partial charge in [-0.2, -0.15) is 0 Å². The van der Waals surface area contributed by atoms with E-state index in [0.717, 1.165) is 35.4 Å². The van der Waals surface area contributed by atoms with Crippen LogP contribution in [0.1, 0.15) is 27.2 Å². The summed E-state index contributed by atoms with van der Waals surface area (Å²) in [5, 5.41) is 1.08. The van der Waals surface area contributed by atoms with Gasteiger partial charge in [0.25, 0.3) is 0 Å². The van der Waals surface area contributed by atoms with E-state index in [0.29, 0.717) is 32.6 Å². The second-order valence-corrected chi connectivity index (χ2v) is 9.44. The van der Waals surface area contributed by atoms with Crippen molar-refractivity contribution >= 4 is 28.6 Å². The van der Waals surface area contributed by atoms with Crippen molar-refractivity contribution in [3.8, 4) is 5.75 Å². The summed E-state index contributed by atoms with van der Waals surface area (Å²) in [5.74, 6) is 0.776. The first-order chi connectivity index (χ1) is 15.2. The molecular weight excluding hydrogens is 408 g/mol. The maximum absolute atomic E-state index is 13.1. The van der Waals surface area contributed by atoms with E-state index in [1.54, 1.807) is 12.0 Å². The van der Waals surface area contributed by atoms with Gasteiger partial charge < -0.3 is 24.2 Å². The van der Waals surface area contributed by atoms with Gasteiger partial charge in [-0.1, -0.05) is 0 Å². The van der Waals surface area contributed by atoms with Gasteiger partial charge >= 0.3 is 6.09 Å². The van der Waals surface area contributed by atoms with Crippen LogP contribution in [0.25, 0.3) is 10.9 Å². The van der Waals surface area contributed by atoms with Gasteiger partial charge in [0.1, 0.15) is 11.4 Å². The number of hydrogen-bond donors (Lipinski definition) is 0. The van der Waals surface area contributed by atoms with Crippen LogP contribution in [0.3, 0.4) is 0 Å². The number of fused-ring (bicyclic) bond motifs is 1. The summed E-state index contributed by atoms with van der Waals surface area (Å²) < 4.78 is 10.8. The quantitative estimate of drug-likeness (QED) is 0.730. The largest absolute Gasteiger partial charge is 0.497 e. The number of ether oxygens (including phenoxy) is 2. The molecule has 2 aliphatic heterocycles. The Hall–Kier alpha value is -3.03. The second kappa shape index (κ2) is 8.84. The average molecular weight is 441 g/mol. The molecule has 8 nitrogen and oxygen atoms in total. The van der Waals surface area contributed by atoms with Gasteiger partial charge in [0.2, 0.25) is 5.91 Å². The SMILES string of the molecule is COc1ccc2c(N3CCN(C(=O)C4CCN(C(=O)OC(C)(C)C)C4)CC3)ccnc2c1. The van der Waals surface area contributed by atoms with Crippen molar-refractivity contribution in [3.05, 3.63) is 30.5 Å². The molecule has 2 fully saturated rings. The highest BCUT2D eigenvalue weighted by Crippen LogP contribution is 2.29. The zero-order chi connectivity index (χ0) is 22.9. The fraction of sp³-hybridized carbons (Fsp3) is 0.542. The molecule has 4 rings (SSSR count). The molecule has 1 unspecified atom stereocenters. The fourth-order valence-electron chi connectivity index (χ4n) is 4.40. The Bertz CT molecular complexity index is 995. The van der Waals surface area contributed by atoms with Crippen LogP contribution in [0.15, 0.2) is 30.5 Å². The molecule has 0 N–H and O–H groups in total. The van der Waals surface area contributed by atoms with E-state index in [1.807, 2.05) is 56.1 Å².